The van der Waals surface area contributed by atoms with Crippen LogP contribution in [0.1, 0.15) is 65.2 Å². The van der Waals surface area contributed by atoms with E-state index in [0.717, 1.165) is 6.04 Å². The topological polar surface area (TPSA) is 15.3 Å². The second-order valence-corrected chi connectivity index (χ2v) is 5.56. The lowest BCUT2D eigenvalue weighted by atomic mass is 10.1. The predicted octanol–water partition coefficient (Wildman–Crippen LogP) is 3.42. The monoisotopic (exact) mass is 240 g/mol. The van der Waals surface area contributed by atoms with Gasteiger partial charge in [0.25, 0.3) is 0 Å². The van der Waals surface area contributed by atoms with Crippen LogP contribution in [0.25, 0.3) is 0 Å². The third kappa shape index (κ3) is 7.05. The molecule has 1 atom stereocenters. The van der Waals surface area contributed by atoms with Crippen molar-refractivity contribution >= 4 is 0 Å². The molecule has 0 bridgehead atoms. The highest BCUT2D eigenvalue weighted by Crippen LogP contribution is 2.10. The van der Waals surface area contributed by atoms with E-state index in [1.165, 1.54) is 77.5 Å². The summed E-state index contributed by atoms with van der Waals surface area (Å²) in [5.74, 6) is 0. The van der Waals surface area contributed by atoms with E-state index in [1.807, 2.05) is 0 Å². The number of hydrogen-bond acceptors (Lipinski definition) is 2. The van der Waals surface area contributed by atoms with Gasteiger partial charge in [0, 0.05) is 12.6 Å². The molecule has 0 aromatic carbocycles. The van der Waals surface area contributed by atoms with Gasteiger partial charge < -0.3 is 5.32 Å². The molecule has 1 aliphatic heterocycles. The van der Waals surface area contributed by atoms with Crippen molar-refractivity contribution in [2.75, 3.05) is 26.2 Å². The van der Waals surface area contributed by atoms with Crippen LogP contribution in [0.4, 0.5) is 0 Å². The van der Waals surface area contributed by atoms with Gasteiger partial charge in [-0.3, -0.25) is 4.90 Å². The zero-order valence-electron chi connectivity index (χ0n) is 12.0. The van der Waals surface area contributed by atoms with Crippen molar-refractivity contribution < 1.29 is 0 Å². The van der Waals surface area contributed by atoms with Gasteiger partial charge in [-0.25, -0.2) is 0 Å². The van der Waals surface area contributed by atoms with Gasteiger partial charge in [-0.05, 0) is 45.8 Å². The molecule has 1 aliphatic rings. The van der Waals surface area contributed by atoms with Gasteiger partial charge in [-0.2, -0.15) is 0 Å². The van der Waals surface area contributed by atoms with Crippen LogP contribution in [-0.2, 0) is 0 Å². The molecular weight excluding hydrogens is 208 g/mol. The highest BCUT2D eigenvalue weighted by molar-refractivity contribution is 4.74. The second kappa shape index (κ2) is 9.90. The maximum atomic E-state index is 3.61. The predicted molar refractivity (Wildman–Crippen MR) is 76.5 cm³/mol. The van der Waals surface area contributed by atoms with Crippen LogP contribution in [0.3, 0.4) is 0 Å². The quantitative estimate of drug-likeness (QED) is 0.589. The van der Waals surface area contributed by atoms with Crippen molar-refractivity contribution in [2.45, 2.75) is 71.3 Å². The van der Waals surface area contributed by atoms with Gasteiger partial charge in [0.1, 0.15) is 0 Å². The Kier molecular flexibility index (Phi) is 8.72. The smallest absolute Gasteiger partial charge is 0.0192 e. The molecular formula is C15H32N2. The molecule has 1 rings (SSSR count). The molecule has 0 spiro atoms. The van der Waals surface area contributed by atoms with Gasteiger partial charge in [0.15, 0.2) is 0 Å². The SMILES string of the molecule is CCCCCCCCNCC(C)N1CCCC1. The molecule has 0 aromatic heterocycles. The fraction of sp³-hybridized carbons (Fsp3) is 1.00. The van der Waals surface area contributed by atoms with Gasteiger partial charge in [0.05, 0.1) is 0 Å². The molecule has 0 amide bonds. The Morgan fingerprint density at radius 1 is 1.00 bits per heavy atom. The maximum absolute atomic E-state index is 3.61. The number of nitrogens with one attached hydrogen (secondary N) is 1. The molecule has 0 aromatic rings. The lowest BCUT2D eigenvalue weighted by Crippen LogP contribution is -2.38. The van der Waals surface area contributed by atoms with Crippen LogP contribution in [0.15, 0.2) is 0 Å². The van der Waals surface area contributed by atoms with Gasteiger partial charge in [-0.15, -0.1) is 0 Å². The minimum absolute atomic E-state index is 0.734. The summed E-state index contributed by atoms with van der Waals surface area (Å²) in [5.41, 5.74) is 0. The zero-order chi connectivity index (χ0) is 12.3. The second-order valence-electron chi connectivity index (χ2n) is 5.56. The van der Waals surface area contributed by atoms with Gasteiger partial charge in [-0.1, -0.05) is 39.0 Å². The molecule has 1 heterocycles. The number of rotatable bonds is 10. The first-order valence-electron chi connectivity index (χ1n) is 7.79. The summed E-state index contributed by atoms with van der Waals surface area (Å²) < 4.78 is 0. The molecule has 102 valence electrons. The van der Waals surface area contributed by atoms with Crippen molar-refractivity contribution in [3.63, 3.8) is 0 Å². The third-order valence-electron chi connectivity index (χ3n) is 3.91. The normalized spacial score (nSPS) is 18.7. The molecule has 1 saturated heterocycles. The summed E-state index contributed by atoms with van der Waals surface area (Å²) in [6.45, 7) is 9.67. The lowest BCUT2D eigenvalue weighted by molar-refractivity contribution is 0.252. The van der Waals surface area contributed by atoms with E-state index in [2.05, 4.69) is 24.1 Å². The summed E-state index contributed by atoms with van der Waals surface area (Å²) >= 11 is 0. The summed E-state index contributed by atoms with van der Waals surface area (Å²) in [6, 6.07) is 0.734. The fourth-order valence-electron chi connectivity index (χ4n) is 2.65. The molecule has 2 heteroatoms. The summed E-state index contributed by atoms with van der Waals surface area (Å²) in [6.07, 6.45) is 11.2. The Morgan fingerprint density at radius 2 is 1.65 bits per heavy atom. The number of likely N-dealkylation sites (tertiary alicyclic amines) is 1. The minimum atomic E-state index is 0.734. The number of unbranched alkanes of at least 4 members (excludes halogenated alkanes) is 5. The van der Waals surface area contributed by atoms with Crippen molar-refractivity contribution in [3.8, 4) is 0 Å². The highest BCUT2D eigenvalue weighted by Gasteiger charge is 2.16. The maximum Gasteiger partial charge on any atom is 0.0192 e. The molecule has 1 N–H and O–H groups in total. The summed E-state index contributed by atoms with van der Waals surface area (Å²) in [4.78, 5) is 2.62. The lowest BCUT2D eigenvalue weighted by Gasteiger charge is -2.23. The van der Waals surface area contributed by atoms with Crippen LogP contribution in [-0.4, -0.2) is 37.1 Å². The summed E-state index contributed by atoms with van der Waals surface area (Å²) in [7, 11) is 0. The minimum Gasteiger partial charge on any atom is -0.315 e. The van der Waals surface area contributed by atoms with E-state index in [9.17, 15) is 0 Å². The Morgan fingerprint density at radius 3 is 2.35 bits per heavy atom. The average molecular weight is 240 g/mol. The van der Waals surface area contributed by atoms with E-state index >= 15 is 0 Å². The molecule has 0 saturated carbocycles. The molecule has 0 radical (unpaired) electrons. The van der Waals surface area contributed by atoms with Crippen LogP contribution in [0.2, 0.25) is 0 Å². The molecule has 0 aliphatic carbocycles. The van der Waals surface area contributed by atoms with Crippen molar-refractivity contribution in [1.29, 1.82) is 0 Å². The standard InChI is InChI=1S/C15H32N2/c1-3-4-5-6-7-8-11-16-14-15(2)17-12-9-10-13-17/h15-16H,3-14H2,1-2H3. The van der Waals surface area contributed by atoms with Crippen molar-refractivity contribution in [2.24, 2.45) is 0 Å². The molecule has 1 unspecified atom stereocenters. The van der Waals surface area contributed by atoms with Crippen molar-refractivity contribution in [3.05, 3.63) is 0 Å². The van der Waals surface area contributed by atoms with E-state index in [1.54, 1.807) is 0 Å². The highest BCUT2D eigenvalue weighted by atomic mass is 15.2. The fourth-order valence-corrected chi connectivity index (χ4v) is 2.65. The Hall–Kier alpha value is -0.0800. The van der Waals surface area contributed by atoms with Crippen LogP contribution < -0.4 is 5.32 Å². The van der Waals surface area contributed by atoms with Crippen LogP contribution in [0, 0.1) is 0 Å². The molecule has 2 nitrogen and oxygen atoms in total. The molecule has 17 heavy (non-hydrogen) atoms. The van der Waals surface area contributed by atoms with Crippen LogP contribution >= 0.6 is 0 Å². The van der Waals surface area contributed by atoms with E-state index in [0.29, 0.717) is 0 Å². The summed E-state index contributed by atoms with van der Waals surface area (Å²) in [5, 5.41) is 3.61. The van der Waals surface area contributed by atoms with E-state index in [4.69, 9.17) is 0 Å². The zero-order valence-corrected chi connectivity index (χ0v) is 12.0. The first-order valence-corrected chi connectivity index (χ1v) is 7.79. The van der Waals surface area contributed by atoms with E-state index in [-0.39, 0.29) is 0 Å². The average Bonchev–Trinajstić information content (AvgIpc) is 2.86. The first-order chi connectivity index (χ1) is 8.34. The molecule has 1 fully saturated rings. The number of hydrogen-bond donors (Lipinski definition) is 1. The van der Waals surface area contributed by atoms with Gasteiger partial charge in [0.2, 0.25) is 0 Å². The third-order valence-corrected chi connectivity index (χ3v) is 3.91. The van der Waals surface area contributed by atoms with Gasteiger partial charge >= 0.3 is 0 Å². The van der Waals surface area contributed by atoms with Crippen LogP contribution in [0.5, 0.6) is 0 Å². The number of nitrogens with zero attached hydrogens (tertiary/aromatic N) is 1. The largest absolute Gasteiger partial charge is 0.315 e. The first kappa shape index (κ1) is 15.0. The Labute approximate surface area is 108 Å². The van der Waals surface area contributed by atoms with Crippen molar-refractivity contribution in [1.82, 2.24) is 10.2 Å². The Bertz CT molecular complexity index is 164. The Balaban J connectivity index is 1.83. The van der Waals surface area contributed by atoms with E-state index < -0.39 is 0 Å².